The standard InChI is InChI=1S/C9H8NP/c1-2-7-11(8-3-1)9-5-4-6-10-9/h1-8H. The van der Waals surface area contributed by atoms with E-state index < -0.39 is 0 Å². The molecule has 2 aliphatic heterocycles. The van der Waals surface area contributed by atoms with Crippen LogP contribution in [0.5, 0.6) is 0 Å². The first-order valence-corrected chi connectivity index (χ1v) is 4.99. The number of allylic oxidation sites excluding steroid dienone is 4. The van der Waals surface area contributed by atoms with E-state index in [4.69, 9.17) is 0 Å². The molecule has 2 heterocycles. The van der Waals surface area contributed by atoms with Gasteiger partial charge in [0.2, 0.25) is 0 Å². The van der Waals surface area contributed by atoms with E-state index in [-0.39, 0.29) is 7.17 Å². The van der Waals surface area contributed by atoms with Gasteiger partial charge in [0.25, 0.3) is 0 Å². The third-order valence-corrected chi connectivity index (χ3v) is 3.30. The van der Waals surface area contributed by atoms with Gasteiger partial charge in [-0.3, -0.25) is 4.99 Å². The summed E-state index contributed by atoms with van der Waals surface area (Å²) in [5.74, 6) is 4.41. The first kappa shape index (κ1) is 6.63. The summed E-state index contributed by atoms with van der Waals surface area (Å²) in [6.45, 7) is 0. The maximum absolute atomic E-state index is 4.25. The Morgan fingerprint density at radius 3 is 2.73 bits per heavy atom. The highest BCUT2D eigenvalue weighted by Crippen LogP contribution is 2.19. The Morgan fingerprint density at radius 1 is 1.09 bits per heavy atom. The quantitative estimate of drug-likeness (QED) is 0.482. The molecule has 54 valence electrons. The molecule has 2 rings (SSSR count). The van der Waals surface area contributed by atoms with Crippen LogP contribution in [0.25, 0.3) is 0 Å². The molecule has 11 heavy (non-hydrogen) atoms. The lowest BCUT2D eigenvalue weighted by Crippen LogP contribution is -1.79. The van der Waals surface area contributed by atoms with E-state index in [2.05, 4.69) is 34.8 Å². The first-order chi connectivity index (χ1) is 5.47. The smallest absolute Gasteiger partial charge is 0.0855 e. The Balaban J connectivity index is 2.56. The van der Waals surface area contributed by atoms with Crippen LogP contribution in [-0.4, -0.2) is 17.4 Å². The molecule has 0 N–H and O–H groups in total. The second-order valence-electron chi connectivity index (χ2n) is 2.28. The minimum Gasteiger partial charge on any atom is -0.252 e. The van der Waals surface area contributed by atoms with Crippen molar-refractivity contribution < 1.29 is 0 Å². The van der Waals surface area contributed by atoms with E-state index in [1.807, 2.05) is 18.4 Å². The molecule has 0 amide bonds. The van der Waals surface area contributed by atoms with Gasteiger partial charge < -0.3 is 0 Å². The lowest BCUT2D eigenvalue weighted by atomic mass is 10.5. The SMILES string of the molecule is C1=CC=P(=C2C=CC=N2)C=C1. The summed E-state index contributed by atoms with van der Waals surface area (Å²) < 4.78 is 0. The minimum absolute atomic E-state index is 0.233. The van der Waals surface area contributed by atoms with Gasteiger partial charge in [0.05, 0.1) is 5.42 Å². The minimum atomic E-state index is -0.233. The third kappa shape index (κ3) is 1.33. The van der Waals surface area contributed by atoms with Crippen molar-refractivity contribution in [3.63, 3.8) is 0 Å². The fourth-order valence-electron chi connectivity index (χ4n) is 0.996. The largest absolute Gasteiger partial charge is 0.252 e. The van der Waals surface area contributed by atoms with Gasteiger partial charge in [0.15, 0.2) is 0 Å². The van der Waals surface area contributed by atoms with Crippen LogP contribution in [0.4, 0.5) is 0 Å². The van der Waals surface area contributed by atoms with Gasteiger partial charge in [-0.25, -0.2) is 0 Å². The monoisotopic (exact) mass is 161 g/mol. The van der Waals surface area contributed by atoms with Crippen LogP contribution in [0, 0.1) is 0 Å². The van der Waals surface area contributed by atoms with Gasteiger partial charge in [-0.2, -0.15) is 0 Å². The van der Waals surface area contributed by atoms with Gasteiger partial charge in [-0.15, -0.1) is 0 Å². The summed E-state index contributed by atoms with van der Waals surface area (Å²) in [7, 11) is -0.233. The van der Waals surface area contributed by atoms with Crippen molar-refractivity contribution >= 4 is 24.6 Å². The molecule has 0 aromatic heterocycles. The molecule has 0 aromatic rings. The van der Waals surface area contributed by atoms with E-state index in [0.29, 0.717) is 0 Å². The van der Waals surface area contributed by atoms with Gasteiger partial charge >= 0.3 is 0 Å². The molecule has 0 saturated heterocycles. The van der Waals surface area contributed by atoms with Crippen LogP contribution in [0.1, 0.15) is 0 Å². The Bertz CT molecular complexity index is 347. The maximum atomic E-state index is 4.25. The van der Waals surface area contributed by atoms with E-state index in [9.17, 15) is 0 Å². The van der Waals surface area contributed by atoms with Crippen LogP contribution in [0.3, 0.4) is 0 Å². The predicted octanol–water partition coefficient (Wildman–Crippen LogP) is 2.12. The van der Waals surface area contributed by atoms with Crippen LogP contribution < -0.4 is 0 Å². The summed E-state index contributed by atoms with van der Waals surface area (Å²) >= 11 is 0. The number of aliphatic imine (C=N–C) groups is 1. The Hall–Kier alpha value is -1.07. The first-order valence-electron chi connectivity index (χ1n) is 3.51. The average molecular weight is 161 g/mol. The molecule has 1 atom stereocenters. The number of hydrogen-bond acceptors (Lipinski definition) is 0. The molecule has 0 saturated carbocycles. The summed E-state index contributed by atoms with van der Waals surface area (Å²) in [5.41, 5.74) is 1.20. The van der Waals surface area contributed by atoms with Gasteiger partial charge in [-0.1, -0.05) is 25.4 Å². The van der Waals surface area contributed by atoms with Crippen molar-refractivity contribution in [3.05, 3.63) is 36.2 Å². The van der Waals surface area contributed by atoms with Gasteiger partial charge in [0.1, 0.15) is 0 Å². The summed E-state index contributed by atoms with van der Waals surface area (Å²) in [5, 5.41) is 0. The molecule has 0 fully saturated rings. The van der Waals surface area contributed by atoms with E-state index in [0.717, 1.165) is 0 Å². The molecular weight excluding hydrogens is 153 g/mol. The van der Waals surface area contributed by atoms with Crippen LogP contribution >= 0.6 is 7.17 Å². The third-order valence-electron chi connectivity index (χ3n) is 1.52. The van der Waals surface area contributed by atoms with Crippen LogP contribution in [-0.2, 0) is 0 Å². The molecule has 1 nitrogen and oxygen atoms in total. The average Bonchev–Trinajstić information content (AvgIpc) is 2.58. The van der Waals surface area contributed by atoms with Crippen LogP contribution in [0.2, 0.25) is 0 Å². The second kappa shape index (κ2) is 2.89. The van der Waals surface area contributed by atoms with Crippen LogP contribution in [0.15, 0.2) is 41.2 Å². The molecule has 0 aliphatic carbocycles. The normalized spacial score (nSPS) is 26.2. The van der Waals surface area contributed by atoms with E-state index in [1.54, 1.807) is 0 Å². The number of rotatable bonds is 0. The Morgan fingerprint density at radius 2 is 2.09 bits per heavy atom. The zero-order valence-corrected chi connectivity index (χ0v) is 6.91. The van der Waals surface area contributed by atoms with Crippen molar-refractivity contribution in [2.45, 2.75) is 0 Å². The Labute approximate surface area is 66.5 Å². The lowest BCUT2D eigenvalue weighted by molar-refractivity contribution is 1.85. The second-order valence-corrected chi connectivity index (χ2v) is 4.15. The van der Waals surface area contributed by atoms with E-state index >= 15 is 0 Å². The maximum Gasteiger partial charge on any atom is 0.0855 e. The van der Waals surface area contributed by atoms with Gasteiger partial charge in [0, 0.05) is 6.21 Å². The Kier molecular flexibility index (Phi) is 1.74. The molecule has 2 aliphatic rings. The molecule has 2 heteroatoms. The van der Waals surface area contributed by atoms with E-state index in [1.165, 1.54) is 5.42 Å². The summed E-state index contributed by atoms with van der Waals surface area (Å²) in [4.78, 5) is 4.25. The highest BCUT2D eigenvalue weighted by Gasteiger charge is 1.93. The zero-order chi connectivity index (χ0) is 7.52. The number of nitrogens with zero attached hydrogens (tertiary/aromatic N) is 1. The molecule has 0 spiro atoms. The zero-order valence-electron chi connectivity index (χ0n) is 6.01. The topological polar surface area (TPSA) is 12.4 Å². The molecule has 1 unspecified atom stereocenters. The fraction of sp³-hybridized carbons (Fsp3) is 0. The molecule has 0 aromatic carbocycles. The molecular formula is C9H8NP. The predicted molar refractivity (Wildman–Crippen MR) is 53.9 cm³/mol. The molecule has 0 bridgehead atoms. The highest BCUT2D eigenvalue weighted by atomic mass is 31.1. The fourth-order valence-corrected chi connectivity index (χ4v) is 2.43. The number of hydrogen-bond donors (Lipinski definition) is 0. The summed E-state index contributed by atoms with van der Waals surface area (Å²) in [6, 6.07) is 0. The van der Waals surface area contributed by atoms with Crippen molar-refractivity contribution in [2.75, 3.05) is 0 Å². The molecule has 0 radical (unpaired) electrons. The van der Waals surface area contributed by atoms with Crippen molar-refractivity contribution in [2.24, 2.45) is 4.99 Å². The highest BCUT2D eigenvalue weighted by molar-refractivity contribution is 7.62. The van der Waals surface area contributed by atoms with Crippen molar-refractivity contribution in [3.8, 4) is 0 Å². The summed E-state index contributed by atoms with van der Waals surface area (Å²) in [6.07, 6.45) is 12.1. The lowest BCUT2D eigenvalue weighted by Gasteiger charge is -1.93. The van der Waals surface area contributed by atoms with Crippen molar-refractivity contribution in [1.82, 2.24) is 0 Å². The van der Waals surface area contributed by atoms with Crippen molar-refractivity contribution in [1.29, 1.82) is 0 Å². The van der Waals surface area contributed by atoms with Gasteiger partial charge in [-0.05, 0) is 23.8 Å².